The molecule has 1 aliphatic rings. The number of anilines is 1. The smallest absolute Gasteiger partial charge is 0.197 e. The molecule has 7 heteroatoms. The van der Waals surface area contributed by atoms with Crippen molar-refractivity contribution in [1.29, 1.82) is 0 Å². The molecule has 0 fully saturated rings. The Balaban J connectivity index is 1.39. The average molecular weight is 392 g/mol. The first kappa shape index (κ1) is 16.4. The molecule has 2 N–H and O–H groups in total. The molecule has 0 saturated heterocycles. The summed E-state index contributed by atoms with van der Waals surface area (Å²) in [4.78, 5) is 13.9. The van der Waals surface area contributed by atoms with Crippen molar-refractivity contribution in [2.75, 3.05) is 18.4 Å². The fourth-order valence-electron chi connectivity index (χ4n) is 3.01. The third kappa shape index (κ3) is 3.43. The van der Waals surface area contributed by atoms with Crippen molar-refractivity contribution in [1.82, 2.24) is 15.3 Å². The normalized spacial score (nSPS) is 14.0. The number of aromatic nitrogens is 2. The lowest BCUT2D eigenvalue weighted by atomic mass is 10.1. The van der Waals surface area contributed by atoms with Crippen molar-refractivity contribution in [3.63, 3.8) is 0 Å². The van der Waals surface area contributed by atoms with Gasteiger partial charge in [-0.15, -0.1) is 22.7 Å². The molecule has 5 nitrogen and oxygen atoms in total. The maximum Gasteiger partial charge on any atom is 0.197 e. The molecule has 2 aromatic heterocycles. The molecule has 27 heavy (non-hydrogen) atoms. The first-order chi connectivity index (χ1) is 13.3. The third-order valence-corrected chi connectivity index (χ3v) is 6.04. The van der Waals surface area contributed by atoms with E-state index in [9.17, 15) is 0 Å². The van der Waals surface area contributed by atoms with Crippen LogP contribution in [0.3, 0.4) is 0 Å². The van der Waals surface area contributed by atoms with Crippen LogP contribution in [0.1, 0.15) is 6.42 Å². The largest absolute Gasteiger partial charge is 0.356 e. The van der Waals surface area contributed by atoms with Crippen molar-refractivity contribution in [3.8, 4) is 22.0 Å². The van der Waals surface area contributed by atoms with Crippen molar-refractivity contribution in [2.24, 2.45) is 4.99 Å². The zero-order valence-electron chi connectivity index (χ0n) is 14.5. The summed E-state index contributed by atoms with van der Waals surface area (Å²) in [5.74, 6) is 0.803. The van der Waals surface area contributed by atoms with E-state index in [1.807, 2.05) is 5.38 Å². The zero-order chi connectivity index (χ0) is 18.1. The number of aliphatic imine (C=N–C) groups is 1. The van der Waals surface area contributed by atoms with Crippen LogP contribution in [0.2, 0.25) is 0 Å². The number of guanidine groups is 1. The Morgan fingerprint density at radius 3 is 2.67 bits per heavy atom. The number of hydrogen-bond donors (Lipinski definition) is 2. The molecule has 1 aliphatic heterocycles. The van der Waals surface area contributed by atoms with Gasteiger partial charge in [0.15, 0.2) is 11.1 Å². The van der Waals surface area contributed by atoms with Gasteiger partial charge in [-0.3, -0.25) is 4.99 Å². The monoisotopic (exact) mass is 391 g/mol. The summed E-state index contributed by atoms with van der Waals surface area (Å²) in [7, 11) is 0. The first-order valence-electron chi connectivity index (χ1n) is 8.81. The fraction of sp³-hybridized carbons (Fsp3) is 0.150. The van der Waals surface area contributed by atoms with Gasteiger partial charge in [0.05, 0.1) is 0 Å². The molecule has 5 rings (SSSR count). The highest BCUT2D eigenvalue weighted by Crippen LogP contribution is 2.32. The van der Waals surface area contributed by atoms with E-state index < -0.39 is 0 Å². The quantitative estimate of drug-likeness (QED) is 0.524. The Labute approximate surface area is 164 Å². The summed E-state index contributed by atoms with van der Waals surface area (Å²) < 4.78 is 0. The van der Waals surface area contributed by atoms with Gasteiger partial charge in [0.25, 0.3) is 0 Å². The molecule has 2 aromatic carbocycles. The molecular formula is C20H17N5S2. The molecule has 0 bridgehead atoms. The number of nitrogens with zero attached hydrogens (tertiary/aromatic N) is 3. The lowest BCUT2D eigenvalue weighted by molar-refractivity contribution is 0.740. The zero-order valence-corrected chi connectivity index (χ0v) is 16.1. The van der Waals surface area contributed by atoms with E-state index in [1.54, 1.807) is 22.7 Å². The molecule has 0 radical (unpaired) electrons. The molecule has 0 aliphatic carbocycles. The number of benzene rings is 2. The van der Waals surface area contributed by atoms with E-state index in [2.05, 4.69) is 68.5 Å². The van der Waals surface area contributed by atoms with Gasteiger partial charge in [0, 0.05) is 29.4 Å². The molecule has 0 spiro atoms. The molecule has 0 saturated carbocycles. The standard InChI is InChI=1S/C20H17N5S2/c1-2-5-14-10-15(7-6-13(14)4-1)18-23-16(11-26-18)17-12-27-20(24-17)25-19-21-8-3-9-22-19/h1-2,4-7,10-12H,3,8-9H2,(H2,21,22,24,25). The van der Waals surface area contributed by atoms with Gasteiger partial charge in [-0.05, 0) is 23.3 Å². The van der Waals surface area contributed by atoms with E-state index in [0.717, 1.165) is 52.6 Å². The molecule has 4 aromatic rings. The van der Waals surface area contributed by atoms with Crippen molar-refractivity contribution < 1.29 is 0 Å². The maximum atomic E-state index is 4.81. The van der Waals surface area contributed by atoms with Crippen LogP contribution in [0.5, 0.6) is 0 Å². The minimum atomic E-state index is 0.803. The molecule has 134 valence electrons. The summed E-state index contributed by atoms with van der Waals surface area (Å²) in [5, 5.41) is 14.9. The first-order valence-corrected chi connectivity index (χ1v) is 10.6. The van der Waals surface area contributed by atoms with Crippen molar-refractivity contribution in [2.45, 2.75) is 6.42 Å². The number of nitrogens with one attached hydrogen (secondary N) is 2. The SMILES string of the molecule is c1ccc2cc(-c3nc(-c4csc(NC5=NCCCN5)n4)cs3)ccc2c1. The number of fused-ring (bicyclic) bond motifs is 1. The lowest BCUT2D eigenvalue weighted by Crippen LogP contribution is -2.35. The average Bonchev–Trinajstić information content (AvgIpc) is 3.38. The van der Waals surface area contributed by atoms with Gasteiger partial charge in [0.2, 0.25) is 0 Å². The Morgan fingerprint density at radius 2 is 1.78 bits per heavy atom. The van der Waals surface area contributed by atoms with Gasteiger partial charge >= 0.3 is 0 Å². The Hall–Kier alpha value is -2.77. The summed E-state index contributed by atoms with van der Waals surface area (Å²) in [5.41, 5.74) is 2.94. The van der Waals surface area contributed by atoms with Crippen molar-refractivity contribution in [3.05, 3.63) is 53.2 Å². The summed E-state index contributed by atoms with van der Waals surface area (Å²) in [6, 6.07) is 14.9. The summed E-state index contributed by atoms with van der Waals surface area (Å²) >= 11 is 3.21. The second-order valence-corrected chi connectivity index (χ2v) is 7.99. The number of hydrogen-bond acceptors (Lipinski definition) is 7. The van der Waals surface area contributed by atoms with Crippen LogP contribution in [0.4, 0.5) is 5.13 Å². The lowest BCUT2D eigenvalue weighted by Gasteiger charge is -2.13. The van der Waals surface area contributed by atoms with Crippen LogP contribution in [-0.2, 0) is 0 Å². The second kappa shape index (κ2) is 7.09. The van der Waals surface area contributed by atoms with E-state index in [1.165, 1.54) is 10.8 Å². The molecule has 3 heterocycles. The third-order valence-electron chi connectivity index (χ3n) is 4.39. The maximum absolute atomic E-state index is 4.81. The Bertz CT molecular complexity index is 1130. The molecular weight excluding hydrogens is 374 g/mol. The van der Waals surface area contributed by atoms with Gasteiger partial charge in [-0.25, -0.2) is 9.97 Å². The van der Waals surface area contributed by atoms with Gasteiger partial charge in [-0.1, -0.05) is 36.4 Å². The number of thiazole rings is 2. The van der Waals surface area contributed by atoms with E-state index in [-0.39, 0.29) is 0 Å². The minimum absolute atomic E-state index is 0.803. The predicted molar refractivity (Wildman–Crippen MR) is 115 cm³/mol. The van der Waals surface area contributed by atoms with Crippen LogP contribution in [0.15, 0.2) is 58.2 Å². The van der Waals surface area contributed by atoms with Crippen LogP contribution in [0, 0.1) is 0 Å². The van der Waals surface area contributed by atoms with Crippen LogP contribution in [0.25, 0.3) is 32.7 Å². The Morgan fingerprint density at radius 1 is 0.926 bits per heavy atom. The van der Waals surface area contributed by atoms with E-state index in [4.69, 9.17) is 4.98 Å². The van der Waals surface area contributed by atoms with Gasteiger partial charge < -0.3 is 10.6 Å². The molecule has 0 unspecified atom stereocenters. The van der Waals surface area contributed by atoms with E-state index in [0.29, 0.717) is 0 Å². The molecule has 0 amide bonds. The van der Waals surface area contributed by atoms with Crippen LogP contribution >= 0.6 is 22.7 Å². The van der Waals surface area contributed by atoms with Crippen LogP contribution in [-0.4, -0.2) is 29.0 Å². The summed E-state index contributed by atoms with van der Waals surface area (Å²) in [6.07, 6.45) is 1.07. The fourth-order valence-corrected chi connectivity index (χ4v) is 4.53. The van der Waals surface area contributed by atoms with Gasteiger partial charge in [-0.2, -0.15) is 0 Å². The summed E-state index contributed by atoms with van der Waals surface area (Å²) in [6.45, 7) is 1.81. The minimum Gasteiger partial charge on any atom is -0.356 e. The highest BCUT2D eigenvalue weighted by atomic mass is 32.1. The Kier molecular flexibility index (Phi) is 4.31. The predicted octanol–water partition coefficient (Wildman–Crippen LogP) is 4.85. The van der Waals surface area contributed by atoms with Gasteiger partial charge in [0.1, 0.15) is 16.4 Å². The molecule has 0 atom stereocenters. The highest BCUT2D eigenvalue weighted by molar-refractivity contribution is 7.14. The topological polar surface area (TPSA) is 62.2 Å². The van der Waals surface area contributed by atoms with Crippen molar-refractivity contribution >= 4 is 44.5 Å². The highest BCUT2D eigenvalue weighted by Gasteiger charge is 2.12. The van der Waals surface area contributed by atoms with E-state index >= 15 is 0 Å². The van der Waals surface area contributed by atoms with Crippen LogP contribution < -0.4 is 10.6 Å². The number of rotatable bonds is 3. The second-order valence-electron chi connectivity index (χ2n) is 6.27.